The van der Waals surface area contributed by atoms with E-state index in [-0.39, 0.29) is 0 Å². The van der Waals surface area contributed by atoms with Gasteiger partial charge in [-0.15, -0.1) is 6.42 Å². The van der Waals surface area contributed by atoms with Crippen LogP contribution in [0.3, 0.4) is 0 Å². The summed E-state index contributed by atoms with van der Waals surface area (Å²) in [6, 6.07) is 0. The summed E-state index contributed by atoms with van der Waals surface area (Å²) < 4.78 is 0. The minimum absolute atomic E-state index is 1.04. The summed E-state index contributed by atoms with van der Waals surface area (Å²) >= 11 is 0. The van der Waals surface area contributed by atoms with E-state index < -0.39 is 0 Å². The maximum atomic E-state index is 4.00. The van der Waals surface area contributed by atoms with Gasteiger partial charge in [0.25, 0.3) is 0 Å². The Labute approximate surface area is 36.2 Å². The van der Waals surface area contributed by atoms with Gasteiger partial charge in [0, 0.05) is 0 Å². The van der Waals surface area contributed by atoms with Crippen molar-refractivity contribution in [2.45, 2.75) is 19.8 Å². The lowest BCUT2D eigenvalue weighted by atomic mass is 10.4. The second-order valence-electron chi connectivity index (χ2n) is 1.08. The van der Waals surface area contributed by atoms with Gasteiger partial charge in [0.15, 0.2) is 0 Å². The van der Waals surface area contributed by atoms with Crippen LogP contribution in [0.25, 0.3) is 0 Å². The Morgan fingerprint density at radius 1 is 1.60 bits per heavy atom. The van der Waals surface area contributed by atoms with Crippen molar-refractivity contribution >= 4 is 9.24 Å². The average molecular weight is 88.1 g/mol. The summed E-state index contributed by atoms with van der Waals surface area (Å²) in [5, 5.41) is 0. The predicted octanol–water partition coefficient (Wildman–Crippen LogP) is 2.20. The first-order chi connectivity index (χ1) is 2.41. The molecule has 0 N–H and O–H groups in total. The largest absolute Gasteiger partial charge is 1.49 e. The van der Waals surface area contributed by atoms with Crippen molar-refractivity contribution in [3.63, 3.8) is 0 Å². The maximum absolute atomic E-state index is 4.00. The minimum Gasteiger partial charge on any atom is -1.49 e. The molecule has 0 nitrogen and oxygen atoms in total. The lowest BCUT2D eigenvalue weighted by Gasteiger charge is -2.27. The highest BCUT2D eigenvalue weighted by Gasteiger charge is 1.55. The molecule has 0 aliphatic rings. The summed E-state index contributed by atoms with van der Waals surface area (Å²) in [7, 11) is 4.00. The Morgan fingerprint density at radius 2 is 2.20 bits per heavy atom. The molecule has 32 valence electrons. The van der Waals surface area contributed by atoms with Crippen LogP contribution in [0.5, 0.6) is 0 Å². The molecule has 0 aliphatic heterocycles. The lowest BCUT2D eigenvalue weighted by molar-refractivity contribution is 0.897. The fraction of sp³-hybridized carbons (Fsp3) is 1.00. The molecule has 0 aromatic rings. The van der Waals surface area contributed by atoms with Crippen LogP contribution in [0.4, 0.5) is 0 Å². The first-order valence-electron chi connectivity index (χ1n) is 2.02. The van der Waals surface area contributed by atoms with E-state index in [2.05, 4.69) is 16.2 Å². The molecule has 5 heavy (non-hydrogen) atoms. The van der Waals surface area contributed by atoms with Gasteiger partial charge in [0.1, 0.15) is 0 Å². The number of hydrogen-bond donors (Lipinski definition) is 0. The molecule has 0 aliphatic carbocycles. The molecule has 0 aromatic heterocycles. The Hall–Kier alpha value is 0.430. The van der Waals surface area contributed by atoms with E-state index >= 15 is 0 Å². The third kappa shape index (κ3) is 4.43. The minimum atomic E-state index is 1.04. The Kier molecular flexibility index (Phi) is 4.81. The predicted molar refractivity (Wildman–Crippen MR) is 26.7 cm³/mol. The molecule has 0 heterocycles. The van der Waals surface area contributed by atoms with Gasteiger partial charge in [-0.25, -0.2) is 0 Å². The summed E-state index contributed by atoms with van der Waals surface area (Å²) in [5.41, 5.74) is 0. The molecular weight excluding hydrogens is 79.0 g/mol. The van der Waals surface area contributed by atoms with Crippen LogP contribution in [0, 0.1) is 0 Å². The summed E-state index contributed by atoms with van der Waals surface area (Å²) in [4.78, 5) is 0. The maximum Gasteiger partial charge on any atom is -0.0604 e. The van der Waals surface area contributed by atoms with Crippen molar-refractivity contribution in [3.8, 4) is 0 Å². The first kappa shape index (κ1) is 5.43. The smallest absolute Gasteiger partial charge is 0.0604 e. The summed E-state index contributed by atoms with van der Waals surface area (Å²) in [6.45, 7) is 2.16. The van der Waals surface area contributed by atoms with E-state index in [0.29, 0.717) is 0 Å². The van der Waals surface area contributed by atoms with E-state index in [9.17, 15) is 0 Å². The Balaban J connectivity index is 2.19. The molecular formula is C4H9P-2. The fourth-order valence-electron chi connectivity index (χ4n) is 0.158. The van der Waals surface area contributed by atoms with Gasteiger partial charge in [-0.3, -0.25) is 0 Å². The Bertz CT molecular complexity index is 11.1. The van der Waals surface area contributed by atoms with E-state index in [0.717, 1.165) is 6.16 Å². The zero-order chi connectivity index (χ0) is 4.12. The van der Waals surface area contributed by atoms with Crippen LogP contribution in [-0.4, -0.2) is 6.16 Å². The van der Waals surface area contributed by atoms with Gasteiger partial charge in [-0.05, 0) is 0 Å². The molecule has 0 amide bonds. The zero-order valence-corrected chi connectivity index (χ0v) is 4.46. The molecule has 0 rings (SSSR count). The number of unbranched alkanes of at least 4 members (excludes halogenated alkanes) is 1. The monoisotopic (exact) mass is 88.0 g/mol. The SMILES string of the molecule is CCCC[P-2]. The highest BCUT2D eigenvalue weighted by Crippen LogP contribution is 1.89. The fourth-order valence-corrected chi connectivity index (χ4v) is 0.474. The quantitative estimate of drug-likeness (QED) is 0.454. The van der Waals surface area contributed by atoms with Crippen LogP contribution in [0.15, 0.2) is 0 Å². The van der Waals surface area contributed by atoms with Gasteiger partial charge in [0.05, 0.1) is 0 Å². The molecule has 0 radical (unpaired) electrons. The van der Waals surface area contributed by atoms with Crippen LogP contribution < -0.4 is 0 Å². The van der Waals surface area contributed by atoms with Crippen molar-refractivity contribution in [1.29, 1.82) is 0 Å². The highest BCUT2D eigenvalue weighted by molar-refractivity contribution is 7.16. The van der Waals surface area contributed by atoms with Crippen molar-refractivity contribution in [2.75, 3.05) is 6.16 Å². The summed E-state index contributed by atoms with van der Waals surface area (Å²) in [6.07, 6.45) is 3.56. The highest BCUT2D eigenvalue weighted by atomic mass is 31.0. The van der Waals surface area contributed by atoms with Crippen LogP contribution >= 0.6 is 9.24 Å². The van der Waals surface area contributed by atoms with E-state index in [1.165, 1.54) is 12.8 Å². The first-order valence-corrected chi connectivity index (χ1v) is 2.66. The van der Waals surface area contributed by atoms with Gasteiger partial charge in [0.2, 0.25) is 0 Å². The van der Waals surface area contributed by atoms with Crippen molar-refractivity contribution in [2.24, 2.45) is 0 Å². The lowest BCUT2D eigenvalue weighted by Crippen LogP contribution is -1.64. The zero-order valence-electron chi connectivity index (χ0n) is 3.57. The third-order valence-electron chi connectivity index (χ3n) is 0.512. The molecule has 1 heteroatoms. The third-order valence-corrected chi connectivity index (χ3v) is 0.828. The summed E-state index contributed by atoms with van der Waals surface area (Å²) in [5.74, 6) is 0. The van der Waals surface area contributed by atoms with Gasteiger partial charge in [-0.1, -0.05) is 13.3 Å². The Morgan fingerprint density at radius 3 is 2.20 bits per heavy atom. The van der Waals surface area contributed by atoms with Gasteiger partial charge in [-0.2, -0.15) is 0 Å². The molecule has 0 bridgehead atoms. The molecule has 0 saturated carbocycles. The topological polar surface area (TPSA) is 0 Å². The van der Waals surface area contributed by atoms with E-state index in [1.54, 1.807) is 0 Å². The van der Waals surface area contributed by atoms with Crippen LogP contribution in [0.1, 0.15) is 19.8 Å². The average Bonchev–Trinajstić information content (AvgIpc) is 1.41. The number of rotatable bonds is 2. The van der Waals surface area contributed by atoms with Crippen LogP contribution in [0.2, 0.25) is 0 Å². The standard InChI is InChI=1S/C4H9P/c1-2-3-4-5/h2-4H2,1H3/q-2. The van der Waals surface area contributed by atoms with Gasteiger partial charge < -0.3 is 15.4 Å². The molecule has 0 unspecified atom stereocenters. The molecule has 0 saturated heterocycles. The van der Waals surface area contributed by atoms with Crippen molar-refractivity contribution in [3.05, 3.63) is 0 Å². The molecule has 0 atom stereocenters. The van der Waals surface area contributed by atoms with Crippen molar-refractivity contribution in [1.82, 2.24) is 0 Å². The van der Waals surface area contributed by atoms with Crippen molar-refractivity contribution < 1.29 is 0 Å². The van der Waals surface area contributed by atoms with E-state index in [4.69, 9.17) is 0 Å². The second-order valence-corrected chi connectivity index (χ2v) is 1.52. The molecule has 0 aromatic carbocycles. The van der Waals surface area contributed by atoms with Crippen LogP contribution in [-0.2, 0) is 0 Å². The van der Waals surface area contributed by atoms with E-state index in [1.807, 2.05) is 0 Å². The number of hydrogen-bond acceptors (Lipinski definition) is 0. The molecule has 0 spiro atoms. The molecule has 0 fully saturated rings. The normalized spacial score (nSPS) is 8.40. The van der Waals surface area contributed by atoms with Gasteiger partial charge >= 0.3 is 0 Å². The second kappa shape index (κ2) is 4.43.